The van der Waals surface area contributed by atoms with Crippen LogP contribution in [0.5, 0.6) is 5.75 Å². The fourth-order valence-electron chi connectivity index (χ4n) is 2.27. The molecule has 20 heavy (non-hydrogen) atoms. The highest BCUT2D eigenvalue weighted by atomic mass is 19.1. The van der Waals surface area contributed by atoms with Crippen molar-refractivity contribution >= 4 is 0 Å². The first-order valence-electron chi connectivity index (χ1n) is 6.31. The molecule has 2 aromatic carbocycles. The summed E-state index contributed by atoms with van der Waals surface area (Å²) in [6.07, 6.45) is 0.178. The summed E-state index contributed by atoms with van der Waals surface area (Å²) >= 11 is 0. The largest absolute Gasteiger partial charge is 0.494 e. The Labute approximate surface area is 117 Å². The van der Waals surface area contributed by atoms with Gasteiger partial charge in [-0.1, -0.05) is 30.3 Å². The molecular formula is C16H17F2NO. The van der Waals surface area contributed by atoms with Gasteiger partial charge in [0.05, 0.1) is 7.11 Å². The first-order chi connectivity index (χ1) is 9.45. The number of ether oxygens (including phenoxy) is 1. The molecule has 2 aromatic rings. The van der Waals surface area contributed by atoms with Crippen molar-refractivity contribution in [3.8, 4) is 5.75 Å². The Morgan fingerprint density at radius 2 is 1.80 bits per heavy atom. The highest BCUT2D eigenvalue weighted by Gasteiger charge is 2.26. The minimum atomic E-state index is -1.00. The Morgan fingerprint density at radius 3 is 2.45 bits per heavy atom. The fourth-order valence-corrected chi connectivity index (χ4v) is 2.27. The number of rotatable bonds is 4. The Kier molecular flexibility index (Phi) is 4.04. The molecule has 0 aliphatic heterocycles. The van der Waals surface area contributed by atoms with Crippen LogP contribution in [0.1, 0.15) is 18.1 Å². The van der Waals surface area contributed by atoms with E-state index in [1.54, 1.807) is 37.3 Å². The molecule has 0 aromatic heterocycles. The number of hydrogen-bond donors (Lipinski definition) is 1. The van der Waals surface area contributed by atoms with E-state index in [4.69, 9.17) is 10.5 Å². The Bertz CT molecular complexity index is 611. The summed E-state index contributed by atoms with van der Waals surface area (Å²) < 4.78 is 32.9. The van der Waals surface area contributed by atoms with Crippen LogP contribution in [-0.2, 0) is 12.0 Å². The Balaban J connectivity index is 2.36. The van der Waals surface area contributed by atoms with Crippen LogP contribution < -0.4 is 10.5 Å². The molecule has 0 aliphatic carbocycles. The molecule has 0 fully saturated rings. The summed E-state index contributed by atoms with van der Waals surface area (Å²) in [4.78, 5) is 0. The molecule has 1 atom stereocenters. The Morgan fingerprint density at radius 1 is 1.10 bits per heavy atom. The summed E-state index contributed by atoms with van der Waals surface area (Å²) in [6, 6.07) is 11.1. The number of benzene rings is 2. The fraction of sp³-hybridized carbons (Fsp3) is 0.250. The molecule has 0 saturated carbocycles. The van der Waals surface area contributed by atoms with Crippen molar-refractivity contribution < 1.29 is 13.5 Å². The summed E-state index contributed by atoms with van der Waals surface area (Å²) in [5, 5.41) is 0. The maximum absolute atomic E-state index is 14.1. The van der Waals surface area contributed by atoms with Crippen molar-refractivity contribution in [3.63, 3.8) is 0 Å². The van der Waals surface area contributed by atoms with Crippen LogP contribution in [0.15, 0.2) is 42.5 Å². The molecule has 106 valence electrons. The van der Waals surface area contributed by atoms with Crippen LogP contribution in [0, 0.1) is 11.6 Å². The predicted molar refractivity (Wildman–Crippen MR) is 74.6 cm³/mol. The maximum Gasteiger partial charge on any atom is 0.168 e. The molecule has 4 heteroatoms. The van der Waals surface area contributed by atoms with E-state index in [0.29, 0.717) is 11.1 Å². The molecule has 0 radical (unpaired) electrons. The minimum absolute atomic E-state index is 0.159. The minimum Gasteiger partial charge on any atom is -0.494 e. The van der Waals surface area contributed by atoms with Crippen molar-refractivity contribution in [3.05, 3.63) is 65.2 Å². The van der Waals surface area contributed by atoms with E-state index in [9.17, 15) is 8.78 Å². The highest BCUT2D eigenvalue weighted by Crippen LogP contribution is 2.28. The summed E-state index contributed by atoms with van der Waals surface area (Å²) in [6.45, 7) is 1.68. The van der Waals surface area contributed by atoms with Gasteiger partial charge in [-0.3, -0.25) is 0 Å². The van der Waals surface area contributed by atoms with Gasteiger partial charge in [-0.15, -0.1) is 0 Å². The molecule has 0 saturated heterocycles. The number of methoxy groups -OCH3 is 1. The van der Waals surface area contributed by atoms with Gasteiger partial charge in [0, 0.05) is 11.1 Å². The molecule has 0 aliphatic rings. The SMILES string of the molecule is COc1cccc(CC(C)(N)c2ccccc2F)c1F. The van der Waals surface area contributed by atoms with E-state index in [1.807, 2.05) is 0 Å². The van der Waals surface area contributed by atoms with Crippen LogP contribution in [0.25, 0.3) is 0 Å². The van der Waals surface area contributed by atoms with E-state index < -0.39 is 11.4 Å². The molecule has 0 bridgehead atoms. The Hall–Kier alpha value is -1.94. The van der Waals surface area contributed by atoms with Crippen molar-refractivity contribution in [2.75, 3.05) is 7.11 Å². The zero-order valence-corrected chi connectivity index (χ0v) is 11.5. The van der Waals surface area contributed by atoms with E-state index in [-0.39, 0.29) is 18.0 Å². The normalized spacial score (nSPS) is 13.8. The van der Waals surface area contributed by atoms with Gasteiger partial charge in [0.25, 0.3) is 0 Å². The first kappa shape index (κ1) is 14.5. The predicted octanol–water partition coefficient (Wildman–Crippen LogP) is 3.39. The topological polar surface area (TPSA) is 35.2 Å². The van der Waals surface area contributed by atoms with Crippen LogP contribution in [0.4, 0.5) is 8.78 Å². The molecular weight excluding hydrogens is 260 g/mol. The molecule has 1 unspecified atom stereocenters. The molecule has 0 heterocycles. The molecule has 0 spiro atoms. The van der Waals surface area contributed by atoms with Gasteiger partial charge in [-0.05, 0) is 31.0 Å². The van der Waals surface area contributed by atoms with E-state index in [0.717, 1.165) is 0 Å². The quantitative estimate of drug-likeness (QED) is 0.929. The van der Waals surface area contributed by atoms with Gasteiger partial charge >= 0.3 is 0 Å². The van der Waals surface area contributed by atoms with Gasteiger partial charge in [0.15, 0.2) is 11.6 Å². The summed E-state index contributed by atoms with van der Waals surface area (Å²) in [5.74, 6) is -0.685. The average Bonchev–Trinajstić information content (AvgIpc) is 2.41. The molecule has 2 nitrogen and oxygen atoms in total. The third-order valence-electron chi connectivity index (χ3n) is 3.31. The van der Waals surface area contributed by atoms with Crippen molar-refractivity contribution in [1.29, 1.82) is 0 Å². The lowest BCUT2D eigenvalue weighted by Gasteiger charge is -2.26. The maximum atomic E-state index is 14.1. The van der Waals surface area contributed by atoms with Crippen molar-refractivity contribution in [2.24, 2.45) is 5.73 Å². The van der Waals surface area contributed by atoms with E-state index >= 15 is 0 Å². The smallest absolute Gasteiger partial charge is 0.168 e. The van der Waals surface area contributed by atoms with Gasteiger partial charge in [-0.25, -0.2) is 8.78 Å². The highest BCUT2D eigenvalue weighted by molar-refractivity contribution is 5.34. The van der Waals surface area contributed by atoms with Crippen molar-refractivity contribution in [1.82, 2.24) is 0 Å². The second kappa shape index (κ2) is 5.59. The third kappa shape index (κ3) is 2.80. The second-order valence-electron chi connectivity index (χ2n) is 5.01. The zero-order chi connectivity index (χ0) is 14.8. The van der Waals surface area contributed by atoms with Crippen LogP contribution >= 0.6 is 0 Å². The molecule has 0 amide bonds. The third-order valence-corrected chi connectivity index (χ3v) is 3.31. The van der Waals surface area contributed by atoms with Gasteiger partial charge in [0.1, 0.15) is 5.82 Å². The monoisotopic (exact) mass is 277 g/mol. The van der Waals surface area contributed by atoms with Crippen LogP contribution in [-0.4, -0.2) is 7.11 Å². The molecule has 2 N–H and O–H groups in total. The van der Waals surface area contributed by atoms with Crippen LogP contribution in [0.3, 0.4) is 0 Å². The summed E-state index contributed by atoms with van der Waals surface area (Å²) in [5.41, 5.74) is 5.95. The number of nitrogens with two attached hydrogens (primary N) is 1. The number of halogens is 2. The standard InChI is InChI=1S/C16H17F2NO/c1-16(19,12-7-3-4-8-13(12)17)10-11-6-5-9-14(20-2)15(11)18/h3-9H,10,19H2,1-2H3. The molecule has 2 rings (SSSR count). The lowest BCUT2D eigenvalue weighted by Crippen LogP contribution is -2.36. The van der Waals surface area contributed by atoms with E-state index in [1.165, 1.54) is 19.2 Å². The van der Waals surface area contributed by atoms with Gasteiger partial charge < -0.3 is 10.5 Å². The van der Waals surface area contributed by atoms with Gasteiger partial charge in [-0.2, -0.15) is 0 Å². The van der Waals surface area contributed by atoms with Crippen LogP contribution in [0.2, 0.25) is 0 Å². The van der Waals surface area contributed by atoms with Gasteiger partial charge in [0.2, 0.25) is 0 Å². The summed E-state index contributed by atoms with van der Waals surface area (Å²) in [7, 11) is 1.40. The zero-order valence-electron chi connectivity index (χ0n) is 11.5. The average molecular weight is 277 g/mol. The van der Waals surface area contributed by atoms with Crippen molar-refractivity contribution in [2.45, 2.75) is 18.9 Å². The van der Waals surface area contributed by atoms with E-state index in [2.05, 4.69) is 0 Å². The second-order valence-corrected chi connectivity index (χ2v) is 5.01. The lowest BCUT2D eigenvalue weighted by molar-refractivity contribution is 0.379. The lowest BCUT2D eigenvalue weighted by atomic mass is 9.86. The number of hydrogen-bond acceptors (Lipinski definition) is 2. The first-order valence-corrected chi connectivity index (χ1v) is 6.31.